The predicted octanol–water partition coefficient (Wildman–Crippen LogP) is 3.52. The van der Waals surface area contributed by atoms with E-state index in [0.29, 0.717) is 5.92 Å². The van der Waals surface area contributed by atoms with E-state index in [9.17, 15) is 9.90 Å². The first-order valence-electron chi connectivity index (χ1n) is 7.65. The van der Waals surface area contributed by atoms with Crippen molar-refractivity contribution in [3.8, 4) is 0 Å². The predicted molar refractivity (Wildman–Crippen MR) is 87.7 cm³/mol. The van der Waals surface area contributed by atoms with Crippen molar-refractivity contribution in [1.82, 2.24) is 0 Å². The van der Waals surface area contributed by atoms with E-state index in [4.69, 9.17) is 9.47 Å². The molecule has 4 atom stereocenters. The number of aliphatic hydroxyl groups is 1. The Morgan fingerprint density at radius 2 is 2.00 bits per heavy atom. The van der Waals surface area contributed by atoms with Gasteiger partial charge in [-0.3, -0.25) is 0 Å². The molecular formula is C15H26O4S2. The fourth-order valence-electron chi connectivity index (χ4n) is 3.54. The van der Waals surface area contributed by atoms with E-state index in [2.05, 4.69) is 13.8 Å². The molecule has 6 heteroatoms. The number of carbonyl (C=O) groups excluding carboxylic acids is 1. The highest BCUT2D eigenvalue weighted by Gasteiger charge is 2.53. The van der Waals surface area contributed by atoms with Gasteiger partial charge in [-0.25, -0.2) is 4.79 Å². The molecule has 2 heterocycles. The molecule has 0 radical (unpaired) electrons. The van der Waals surface area contributed by atoms with Crippen molar-refractivity contribution in [2.24, 2.45) is 11.8 Å². The Balaban J connectivity index is 2.13. The molecule has 0 aliphatic carbocycles. The minimum absolute atomic E-state index is 0.00625. The quantitative estimate of drug-likeness (QED) is 0.750. The number of ether oxygens (including phenoxy) is 2. The van der Waals surface area contributed by atoms with Crippen molar-refractivity contribution in [3.63, 3.8) is 0 Å². The summed E-state index contributed by atoms with van der Waals surface area (Å²) >= 11 is 4.06. The minimum Gasteiger partial charge on any atom is -0.426 e. The van der Waals surface area contributed by atoms with Crippen LogP contribution in [-0.4, -0.2) is 45.2 Å². The minimum atomic E-state index is -0.648. The van der Waals surface area contributed by atoms with Gasteiger partial charge >= 0.3 is 6.16 Å². The number of hydrogen-bond acceptors (Lipinski definition) is 6. The molecule has 0 spiro atoms. The van der Waals surface area contributed by atoms with Gasteiger partial charge in [-0.05, 0) is 25.7 Å². The maximum atomic E-state index is 11.6. The number of carbonyl (C=O) groups is 1. The van der Waals surface area contributed by atoms with Crippen LogP contribution in [0.3, 0.4) is 0 Å². The van der Waals surface area contributed by atoms with Crippen LogP contribution in [0, 0.1) is 11.8 Å². The van der Waals surface area contributed by atoms with Gasteiger partial charge in [-0.1, -0.05) is 20.8 Å². The fourth-order valence-corrected chi connectivity index (χ4v) is 6.88. The summed E-state index contributed by atoms with van der Waals surface area (Å²) in [4.78, 5) is 11.6. The standard InChI is InChI=1S/C15H26O4S2/c1-5-15(20-6-7-21-15)11(3)8-14(4)12(10(2)9-16)18-13(17)19-14/h10-12,16H,5-9H2,1-4H3/t10-,11-,12+,14+/m0/s1. The Bertz CT molecular complexity index is 384. The van der Waals surface area contributed by atoms with Crippen LogP contribution in [-0.2, 0) is 9.47 Å². The lowest BCUT2D eigenvalue weighted by Crippen LogP contribution is -2.45. The third-order valence-corrected chi connectivity index (χ3v) is 8.82. The van der Waals surface area contributed by atoms with Crippen LogP contribution in [0.2, 0.25) is 0 Å². The molecule has 0 aromatic heterocycles. The molecule has 1 N–H and O–H groups in total. The molecule has 0 aromatic rings. The van der Waals surface area contributed by atoms with E-state index < -0.39 is 11.8 Å². The largest absolute Gasteiger partial charge is 0.509 e. The number of cyclic esters (lactones) is 2. The van der Waals surface area contributed by atoms with Gasteiger partial charge in [-0.15, -0.1) is 23.5 Å². The third kappa shape index (κ3) is 3.32. The molecule has 0 aromatic carbocycles. The molecule has 0 amide bonds. The molecule has 4 nitrogen and oxygen atoms in total. The maximum Gasteiger partial charge on any atom is 0.509 e. The van der Waals surface area contributed by atoms with Crippen molar-refractivity contribution in [2.75, 3.05) is 18.1 Å². The van der Waals surface area contributed by atoms with Gasteiger partial charge in [0.1, 0.15) is 6.10 Å². The Hall–Kier alpha value is -0.0700. The summed E-state index contributed by atoms with van der Waals surface area (Å²) in [5.41, 5.74) is -0.648. The highest BCUT2D eigenvalue weighted by Crippen LogP contribution is 2.54. The summed E-state index contributed by atoms with van der Waals surface area (Å²) in [6, 6.07) is 0. The molecule has 2 saturated heterocycles. The monoisotopic (exact) mass is 334 g/mol. The van der Waals surface area contributed by atoms with Crippen LogP contribution in [0.4, 0.5) is 4.79 Å². The van der Waals surface area contributed by atoms with E-state index in [1.54, 1.807) is 0 Å². The van der Waals surface area contributed by atoms with E-state index in [1.807, 2.05) is 37.4 Å². The topological polar surface area (TPSA) is 55.8 Å². The summed E-state index contributed by atoms with van der Waals surface area (Å²) in [6.07, 6.45) is 0.894. The van der Waals surface area contributed by atoms with Gasteiger partial charge in [0.05, 0.1) is 4.08 Å². The van der Waals surface area contributed by atoms with Crippen molar-refractivity contribution in [1.29, 1.82) is 0 Å². The SMILES string of the molecule is CCC1([C@@H](C)C[C@@]2(C)OC(=O)O[C@@H]2[C@@H](C)CO)SCCS1. The summed E-state index contributed by atoms with van der Waals surface area (Å²) in [6.45, 7) is 8.30. The molecule has 0 saturated carbocycles. The number of rotatable bonds is 6. The van der Waals surface area contributed by atoms with Gasteiger partial charge in [0.15, 0.2) is 5.60 Å². The van der Waals surface area contributed by atoms with Crippen LogP contribution in [0.15, 0.2) is 0 Å². The number of thioether (sulfide) groups is 2. The van der Waals surface area contributed by atoms with Crippen molar-refractivity contribution < 1.29 is 19.4 Å². The van der Waals surface area contributed by atoms with Gasteiger partial charge in [-0.2, -0.15) is 0 Å². The Labute approximate surface area is 135 Å². The molecule has 0 bridgehead atoms. The van der Waals surface area contributed by atoms with E-state index >= 15 is 0 Å². The Morgan fingerprint density at radius 1 is 1.38 bits per heavy atom. The summed E-state index contributed by atoms with van der Waals surface area (Å²) in [5.74, 6) is 2.67. The number of aliphatic hydroxyl groups excluding tert-OH is 1. The summed E-state index contributed by atoms with van der Waals surface area (Å²) in [7, 11) is 0. The zero-order chi connectivity index (χ0) is 15.7. The zero-order valence-electron chi connectivity index (χ0n) is 13.3. The zero-order valence-corrected chi connectivity index (χ0v) is 14.9. The van der Waals surface area contributed by atoms with Gasteiger partial charge in [0, 0.05) is 24.0 Å². The highest BCUT2D eigenvalue weighted by atomic mass is 32.2. The van der Waals surface area contributed by atoms with E-state index in [-0.39, 0.29) is 22.7 Å². The summed E-state index contributed by atoms with van der Waals surface area (Å²) < 4.78 is 11.1. The van der Waals surface area contributed by atoms with Crippen molar-refractivity contribution >= 4 is 29.7 Å². The normalized spacial score (nSPS) is 34.3. The van der Waals surface area contributed by atoms with Crippen LogP contribution in [0.5, 0.6) is 0 Å². The second-order valence-corrected chi connectivity index (χ2v) is 9.44. The van der Waals surface area contributed by atoms with Crippen LogP contribution < -0.4 is 0 Å². The van der Waals surface area contributed by atoms with Crippen LogP contribution in [0.1, 0.15) is 40.5 Å². The fraction of sp³-hybridized carbons (Fsp3) is 0.933. The van der Waals surface area contributed by atoms with Gasteiger partial charge in [0.25, 0.3) is 0 Å². The Morgan fingerprint density at radius 3 is 2.52 bits per heavy atom. The highest BCUT2D eigenvalue weighted by molar-refractivity contribution is 8.21. The lowest BCUT2D eigenvalue weighted by atomic mass is 9.81. The second-order valence-electron chi connectivity index (χ2n) is 6.33. The maximum absolute atomic E-state index is 11.6. The van der Waals surface area contributed by atoms with Crippen LogP contribution in [0.25, 0.3) is 0 Å². The van der Waals surface area contributed by atoms with Crippen molar-refractivity contribution in [3.05, 3.63) is 0 Å². The third-order valence-electron chi connectivity index (χ3n) is 4.68. The lowest BCUT2D eigenvalue weighted by molar-refractivity contribution is -0.0110. The smallest absolute Gasteiger partial charge is 0.426 e. The molecule has 0 unspecified atom stereocenters. The molecule has 2 aliphatic heterocycles. The van der Waals surface area contributed by atoms with E-state index in [0.717, 1.165) is 12.8 Å². The Kier molecular flexibility index (Phi) is 5.42. The van der Waals surface area contributed by atoms with E-state index in [1.165, 1.54) is 11.5 Å². The average molecular weight is 335 g/mol. The first-order valence-corrected chi connectivity index (χ1v) is 9.62. The molecule has 2 fully saturated rings. The second kappa shape index (κ2) is 6.59. The number of hydrogen-bond donors (Lipinski definition) is 1. The average Bonchev–Trinajstić information content (AvgIpc) is 3.03. The molecule has 2 rings (SSSR count). The van der Waals surface area contributed by atoms with Crippen molar-refractivity contribution in [2.45, 2.75) is 56.3 Å². The van der Waals surface area contributed by atoms with Crippen LogP contribution >= 0.6 is 23.5 Å². The van der Waals surface area contributed by atoms with Gasteiger partial charge in [0.2, 0.25) is 0 Å². The summed E-state index contributed by atoms with van der Waals surface area (Å²) in [5, 5.41) is 9.40. The molecule has 2 aliphatic rings. The lowest BCUT2D eigenvalue weighted by Gasteiger charge is -2.38. The molecule has 21 heavy (non-hydrogen) atoms. The first-order chi connectivity index (χ1) is 9.87. The first kappa shape index (κ1) is 17.3. The molecule has 122 valence electrons. The molecular weight excluding hydrogens is 308 g/mol. The van der Waals surface area contributed by atoms with Gasteiger partial charge < -0.3 is 14.6 Å².